The van der Waals surface area contributed by atoms with Crippen molar-refractivity contribution in [2.45, 2.75) is 64.0 Å². The number of benzene rings is 1. The van der Waals surface area contributed by atoms with Gasteiger partial charge in [-0.1, -0.05) is 13.8 Å². The summed E-state index contributed by atoms with van der Waals surface area (Å²) in [5.74, 6) is 3.24. The van der Waals surface area contributed by atoms with Crippen LogP contribution in [0.4, 0.5) is 10.2 Å². The highest BCUT2D eigenvalue weighted by Crippen LogP contribution is 2.49. The zero-order valence-corrected chi connectivity index (χ0v) is 28.4. The maximum absolute atomic E-state index is 14.6. The van der Waals surface area contributed by atoms with Gasteiger partial charge in [0.05, 0.1) is 11.6 Å². The number of aromatic nitrogens is 5. The van der Waals surface area contributed by atoms with E-state index in [0.717, 1.165) is 69.8 Å². The molecule has 254 valence electrons. The van der Waals surface area contributed by atoms with E-state index in [1.165, 1.54) is 31.3 Å². The Labute approximate surface area is 281 Å². The molecule has 3 aliphatic heterocycles. The standard InChI is InChI=1S/C36H46FN9O2/c1-22(2)32(24-11-27(12-24)45-15-25(16-45)35(47)43(3)4)46-18-36(19-46)9-10-44(17-36)33-34(42-41-21-40-33)48-30-8-7-26(37)13-28(30)29-14-38-20-39-31(29)23-5-6-23/h7-8,13-14,20-25,27,32H,5-6,9-12,15-19H2,1-4H3/t24?,27?,32-/m1/s1. The molecule has 3 saturated heterocycles. The normalized spacial score (nSPS) is 24.7. The van der Waals surface area contributed by atoms with Gasteiger partial charge in [0.2, 0.25) is 5.91 Å². The van der Waals surface area contributed by atoms with E-state index in [0.29, 0.717) is 52.8 Å². The van der Waals surface area contributed by atoms with Crippen LogP contribution in [0.5, 0.6) is 11.6 Å². The summed E-state index contributed by atoms with van der Waals surface area (Å²) in [6, 6.07) is 5.74. The van der Waals surface area contributed by atoms with Crippen LogP contribution in [0.3, 0.4) is 0 Å². The first-order valence-corrected chi connectivity index (χ1v) is 17.6. The van der Waals surface area contributed by atoms with Gasteiger partial charge in [0, 0.05) is 94.1 Å². The fourth-order valence-electron chi connectivity index (χ4n) is 8.88. The molecule has 1 atom stereocenters. The molecule has 1 aromatic carbocycles. The van der Waals surface area contributed by atoms with Gasteiger partial charge in [-0.05, 0) is 62.1 Å². The van der Waals surface area contributed by atoms with Crippen molar-refractivity contribution in [2.75, 3.05) is 58.3 Å². The van der Waals surface area contributed by atoms with Crippen LogP contribution in [0.1, 0.15) is 57.6 Å². The summed E-state index contributed by atoms with van der Waals surface area (Å²) in [4.78, 5) is 35.0. The molecule has 5 heterocycles. The number of carbonyl (C=O) groups is 1. The van der Waals surface area contributed by atoms with E-state index in [1.54, 1.807) is 23.5 Å². The second kappa shape index (κ2) is 12.3. The van der Waals surface area contributed by atoms with Crippen molar-refractivity contribution in [3.63, 3.8) is 0 Å². The Morgan fingerprint density at radius 1 is 1.06 bits per heavy atom. The Kier molecular flexibility index (Phi) is 8.06. The average molecular weight is 656 g/mol. The van der Waals surface area contributed by atoms with Crippen LogP contribution in [0.2, 0.25) is 0 Å². The lowest BCUT2D eigenvalue weighted by atomic mass is 9.67. The molecule has 2 saturated carbocycles. The molecule has 5 aliphatic rings. The minimum absolute atomic E-state index is 0.174. The number of nitrogens with zero attached hydrogens (tertiary/aromatic N) is 9. The van der Waals surface area contributed by atoms with Crippen molar-refractivity contribution >= 4 is 11.7 Å². The molecule has 12 heteroatoms. The number of halogens is 1. The molecule has 48 heavy (non-hydrogen) atoms. The Balaban J connectivity index is 0.917. The second-order valence-corrected chi connectivity index (χ2v) is 15.5. The predicted octanol–water partition coefficient (Wildman–Crippen LogP) is 4.47. The smallest absolute Gasteiger partial charge is 0.282 e. The summed E-state index contributed by atoms with van der Waals surface area (Å²) in [6.07, 6.45) is 10.5. The highest BCUT2D eigenvalue weighted by atomic mass is 19.1. The highest BCUT2D eigenvalue weighted by molar-refractivity contribution is 5.79. The molecule has 2 aliphatic carbocycles. The topological polar surface area (TPSA) is 104 Å². The maximum Gasteiger partial charge on any atom is 0.282 e. The fourth-order valence-corrected chi connectivity index (χ4v) is 8.88. The zero-order valence-electron chi connectivity index (χ0n) is 28.4. The molecule has 2 aromatic heterocycles. The van der Waals surface area contributed by atoms with Crippen molar-refractivity contribution in [3.05, 3.63) is 48.6 Å². The van der Waals surface area contributed by atoms with Gasteiger partial charge in [0.25, 0.3) is 5.88 Å². The summed E-state index contributed by atoms with van der Waals surface area (Å²) in [6.45, 7) is 10.5. The molecule has 1 amide bonds. The monoisotopic (exact) mass is 655 g/mol. The lowest BCUT2D eigenvalue weighted by molar-refractivity contribution is -0.143. The Morgan fingerprint density at radius 3 is 2.58 bits per heavy atom. The minimum Gasteiger partial charge on any atom is -0.434 e. The number of carbonyl (C=O) groups excluding carboxylic acids is 1. The first-order chi connectivity index (χ1) is 23.2. The van der Waals surface area contributed by atoms with Gasteiger partial charge in [-0.25, -0.2) is 19.3 Å². The van der Waals surface area contributed by atoms with E-state index in [4.69, 9.17) is 4.74 Å². The van der Waals surface area contributed by atoms with Crippen molar-refractivity contribution in [2.24, 2.45) is 23.2 Å². The number of likely N-dealkylation sites (tertiary alicyclic amines) is 2. The summed E-state index contributed by atoms with van der Waals surface area (Å²) in [7, 11) is 3.71. The van der Waals surface area contributed by atoms with Gasteiger partial charge in [0.1, 0.15) is 24.2 Å². The molecule has 0 bridgehead atoms. The van der Waals surface area contributed by atoms with E-state index in [1.807, 2.05) is 14.1 Å². The van der Waals surface area contributed by atoms with Crippen molar-refractivity contribution in [1.82, 2.24) is 39.8 Å². The zero-order chi connectivity index (χ0) is 33.2. The van der Waals surface area contributed by atoms with Gasteiger partial charge in [-0.15, -0.1) is 10.2 Å². The van der Waals surface area contributed by atoms with E-state index in [9.17, 15) is 9.18 Å². The Morgan fingerprint density at radius 2 is 1.85 bits per heavy atom. The summed E-state index contributed by atoms with van der Waals surface area (Å²) in [5.41, 5.74) is 2.54. The lowest BCUT2D eigenvalue weighted by Crippen LogP contribution is -2.67. The van der Waals surface area contributed by atoms with Crippen LogP contribution >= 0.6 is 0 Å². The molecule has 3 aromatic rings. The van der Waals surface area contributed by atoms with E-state index in [2.05, 4.69) is 53.7 Å². The number of anilines is 1. The third-order valence-corrected chi connectivity index (χ3v) is 11.5. The molecule has 5 fully saturated rings. The van der Waals surface area contributed by atoms with Crippen LogP contribution in [0.15, 0.2) is 37.1 Å². The Bertz CT molecular complexity index is 1660. The quantitative estimate of drug-likeness (QED) is 0.311. The van der Waals surface area contributed by atoms with E-state index >= 15 is 0 Å². The third kappa shape index (κ3) is 5.80. The molecule has 0 unspecified atom stereocenters. The number of ether oxygens (including phenoxy) is 1. The molecule has 1 spiro atoms. The predicted molar refractivity (Wildman–Crippen MR) is 179 cm³/mol. The Hall–Kier alpha value is -3.77. The number of hydrogen-bond donors (Lipinski definition) is 0. The van der Waals surface area contributed by atoms with Crippen molar-refractivity contribution < 1.29 is 13.9 Å². The fraction of sp³-hybridized carbons (Fsp3) is 0.611. The molecule has 0 radical (unpaired) electrons. The van der Waals surface area contributed by atoms with E-state index < -0.39 is 0 Å². The molecular formula is C36H46FN9O2. The SMILES string of the molecule is CC(C)[C@H](C1CC(N2CC(C(=O)N(C)C)C2)C1)N1CC2(CCN(c3ncnnc3Oc3ccc(F)cc3-c3cncnc3C3CC3)C2)C1. The lowest BCUT2D eigenvalue weighted by Gasteiger charge is -2.59. The summed E-state index contributed by atoms with van der Waals surface area (Å²) < 4.78 is 21.0. The third-order valence-electron chi connectivity index (χ3n) is 11.5. The first-order valence-electron chi connectivity index (χ1n) is 17.6. The average Bonchev–Trinajstić information content (AvgIpc) is 3.77. The summed E-state index contributed by atoms with van der Waals surface area (Å²) >= 11 is 0. The number of hydrogen-bond acceptors (Lipinski definition) is 10. The van der Waals surface area contributed by atoms with E-state index in [-0.39, 0.29) is 23.1 Å². The van der Waals surface area contributed by atoms with Gasteiger partial charge in [0.15, 0.2) is 5.82 Å². The minimum atomic E-state index is -0.348. The molecule has 11 nitrogen and oxygen atoms in total. The number of rotatable bonds is 10. The van der Waals surface area contributed by atoms with Crippen LogP contribution in [0, 0.1) is 29.0 Å². The van der Waals surface area contributed by atoms with Gasteiger partial charge < -0.3 is 14.5 Å². The van der Waals surface area contributed by atoms with Gasteiger partial charge in [-0.3, -0.25) is 14.6 Å². The van der Waals surface area contributed by atoms with Crippen molar-refractivity contribution in [1.29, 1.82) is 0 Å². The van der Waals surface area contributed by atoms with Crippen LogP contribution in [-0.4, -0.2) is 111 Å². The van der Waals surface area contributed by atoms with Crippen LogP contribution in [-0.2, 0) is 4.79 Å². The van der Waals surface area contributed by atoms with Crippen molar-refractivity contribution in [3.8, 4) is 22.8 Å². The van der Waals surface area contributed by atoms with Crippen LogP contribution < -0.4 is 9.64 Å². The highest BCUT2D eigenvalue weighted by Gasteiger charge is 2.54. The maximum atomic E-state index is 14.6. The second-order valence-electron chi connectivity index (χ2n) is 15.5. The largest absolute Gasteiger partial charge is 0.434 e. The first kappa shape index (κ1) is 31.5. The van der Waals surface area contributed by atoms with Crippen LogP contribution in [0.25, 0.3) is 11.1 Å². The van der Waals surface area contributed by atoms with Gasteiger partial charge >= 0.3 is 0 Å². The molecule has 0 N–H and O–H groups in total. The molecular weight excluding hydrogens is 609 g/mol. The molecule has 8 rings (SSSR count). The summed E-state index contributed by atoms with van der Waals surface area (Å²) in [5, 5.41) is 8.42. The van der Waals surface area contributed by atoms with Gasteiger partial charge in [-0.2, -0.15) is 0 Å². The number of amides is 1.